The number of halogens is 1. The molecule has 27 heavy (non-hydrogen) atoms. The Kier molecular flexibility index (Phi) is 6.79. The van der Waals surface area contributed by atoms with Crippen molar-refractivity contribution in [3.8, 4) is 5.75 Å². The van der Waals surface area contributed by atoms with Gasteiger partial charge in [-0.15, -0.1) is 0 Å². The number of rotatable bonds is 7. The quantitative estimate of drug-likeness (QED) is 0.785. The van der Waals surface area contributed by atoms with Crippen LogP contribution in [0.2, 0.25) is 0 Å². The zero-order valence-corrected chi connectivity index (χ0v) is 15.4. The highest BCUT2D eigenvalue weighted by atomic mass is 19.1. The average Bonchev–Trinajstić information content (AvgIpc) is 2.68. The number of piperidine rings is 1. The molecule has 0 radical (unpaired) electrons. The largest absolute Gasteiger partial charge is 0.492 e. The van der Waals surface area contributed by atoms with Crippen molar-refractivity contribution in [1.29, 1.82) is 0 Å². The minimum absolute atomic E-state index is 0.0227. The molecule has 1 saturated heterocycles. The average molecular weight is 371 g/mol. The molecule has 1 aliphatic heterocycles. The van der Waals surface area contributed by atoms with Gasteiger partial charge in [-0.25, -0.2) is 4.39 Å². The first-order valence-corrected chi connectivity index (χ1v) is 9.34. The molecule has 0 aliphatic carbocycles. The lowest BCUT2D eigenvalue weighted by atomic mass is 9.96. The first-order valence-electron chi connectivity index (χ1n) is 9.34. The minimum atomic E-state index is -0.224. The first kappa shape index (κ1) is 19.3. The van der Waals surface area contributed by atoms with Gasteiger partial charge in [0.1, 0.15) is 18.2 Å². The fraction of sp³-hybridized carbons (Fsp3) is 0.381. The van der Waals surface area contributed by atoms with Gasteiger partial charge in [0.2, 0.25) is 5.91 Å². The third-order valence-corrected chi connectivity index (χ3v) is 4.68. The van der Waals surface area contributed by atoms with Gasteiger partial charge in [0, 0.05) is 25.3 Å². The smallest absolute Gasteiger partial charge is 0.228 e. The molecule has 6 heteroatoms. The van der Waals surface area contributed by atoms with Crippen molar-refractivity contribution in [3.63, 3.8) is 0 Å². The van der Waals surface area contributed by atoms with Crippen LogP contribution in [0.25, 0.3) is 0 Å². The Morgan fingerprint density at radius 2 is 2.07 bits per heavy atom. The monoisotopic (exact) mass is 371 g/mol. The number of hydrogen-bond donors (Lipinski definition) is 2. The molecule has 5 nitrogen and oxygen atoms in total. The lowest BCUT2D eigenvalue weighted by Gasteiger charge is -2.32. The summed E-state index contributed by atoms with van der Waals surface area (Å²) in [4.78, 5) is 14.8. The van der Waals surface area contributed by atoms with Crippen molar-refractivity contribution in [2.24, 2.45) is 11.7 Å². The van der Waals surface area contributed by atoms with Crippen LogP contribution in [-0.2, 0) is 11.3 Å². The maximum atomic E-state index is 13.4. The number of hydrogen-bond acceptors (Lipinski definition) is 4. The first-order chi connectivity index (χ1) is 13.1. The SMILES string of the molecule is NCCOc1ccc(NC(=O)C2CCCN(Cc3cccc(F)c3)C2)cc1. The molecule has 3 N–H and O–H groups in total. The minimum Gasteiger partial charge on any atom is -0.492 e. The van der Waals surface area contributed by atoms with E-state index in [0.717, 1.165) is 36.4 Å². The van der Waals surface area contributed by atoms with Crippen molar-refractivity contribution in [3.05, 3.63) is 59.9 Å². The van der Waals surface area contributed by atoms with Gasteiger partial charge < -0.3 is 15.8 Å². The molecule has 2 aromatic rings. The molecule has 1 fully saturated rings. The van der Waals surface area contributed by atoms with E-state index >= 15 is 0 Å². The second kappa shape index (κ2) is 9.48. The molecule has 1 aliphatic rings. The van der Waals surface area contributed by atoms with Gasteiger partial charge in [-0.2, -0.15) is 0 Å². The highest BCUT2D eigenvalue weighted by molar-refractivity contribution is 5.92. The molecule has 1 heterocycles. The van der Waals surface area contributed by atoms with Gasteiger partial charge >= 0.3 is 0 Å². The number of nitrogens with two attached hydrogens (primary N) is 1. The van der Waals surface area contributed by atoms with Crippen LogP contribution in [-0.4, -0.2) is 37.0 Å². The van der Waals surface area contributed by atoms with E-state index in [1.165, 1.54) is 6.07 Å². The molecular weight excluding hydrogens is 345 g/mol. The van der Waals surface area contributed by atoms with E-state index in [1.54, 1.807) is 12.1 Å². The summed E-state index contributed by atoms with van der Waals surface area (Å²) < 4.78 is 18.8. The summed E-state index contributed by atoms with van der Waals surface area (Å²) in [5.41, 5.74) is 7.10. The number of benzene rings is 2. The summed E-state index contributed by atoms with van der Waals surface area (Å²) in [5.74, 6) is 0.463. The van der Waals surface area contributed by atoms with E-state index < -0.39 is 0 Å². The van der Waals surface area contributed by atoms with Crippen LogP contribution in [0.5, 0.6) is 5.75 Å². The summed E-state index contributed by atoms with van der Waals surface area (Å²) in [5, 5.41) is 2.98. The normalized spacial score (nSPS) is 17.5. The number of likely N-dealkylation sites (tertiary alicyclic amines) is 1. The molecule has 0 saturated carbocycles. The summed E-state index contributed by atoms with van der Waals surface area (Å²) in [6.07, 6.45) is 1.82. The Bertz CT molecular complexity index is 751. The number of nitrogens with one attached hydrogen (secondary N) is 1. The lowest BCUT2D eigenvalue weighted by molar-refractivity contribution is -0.121. The standard InChI is InChI=1S/C21H26FN3O2/c22-18-5-1-3-16(13-18)14-25-11-2-4-17(15-25)21(26)24-19-6-8-20(9-7-19)27-12-10-23/h1,3,5-9,13,17H,2,4,10-12,14-15,23H2,(H,24,26). The number of carbonyl (C=O) groups excluding carboxylic acids is 1. The molecule has 0 bridgehead atoms. The Morgan fingerprint density at radius 3 is 2.81 bits per heavy atom. The zero-order valence-electron chi connectivity index (χ0n) is 15.4. The van der Waals surface area contributed by atoms with Crippen LogP contribution in [0.15, 0.2) is 48.5 Å². The van der Waals surface area contributed by atoms with Crippen molar-refractivity contribution in [2.45, 2.75) is 19.4 Å². The van der Waals surface area contributed by atoms with Crippen molar-refractivity contribution in [2.75, 3.05) is 31.6 Å². The van der Waals surface area contributed by atoms with E-state index in [2.05, 4.69) is 10.2 Å². The van der Waals surface area contributed by atoms with Crippen LogP contribution in [0, 0.1) is 11.7 Å². The second-order valence-corrected chi connectivity index (χ2v) is 6.85. The molecule has 1 atom stereocenters. The van der Waals surface area contributed by atoms with Gasteiger partial charge in [0.05, 0.1) is 5.92 Å². The van der Waals surface area contributed by atoms with Crippen molar-refractivity contribution < 1.29 is 13.9 Å². The molecule has 1 unspecified atom stereocenters. The van der Waals surface area contributed by atoms with Gasteiger partial charge in [0.25, 0.3) is 0 Å². The zero-order chi connectivity index (χ0) is 19.1. The highest BCUT2D eigenvalue weighted by Gasteiger charge is 2.26. The molecule has 3 rings (SSSR count). The molecular formula is C21H26FN3O2. The van der Waals surface area contributed by atoms with Crippen LogP contribution < -0.4 is 15.8 Å². The van der Waals surface area contributed by atoms with Gasteiger partial charge in [0.15, 0.2) is 0 Å². The number of ether oxygens (including phenoxy) is 1. The summed E-state index contributed by atoms with van der Waals surface area (Å²) in [7, 11) is 0. The van der Waals surface area contributed by atoms with E-state index in [0.29, 0.717) is 26.2 Å². The third-order valence-electron chi connectivity index (χ3n) is 4.68. The van der Waals surface area contributed by atoms with Crippen LogP contribution in [0.4, 0.5) is 10.1 Å². The van der Waals surface area contributed by atoms with Gasteiger partial charge in [-0.05, 0) is 61.3 Å². The van der Waals surface area contributed by atoms with Crippen LogP contribution >= 0.6 is 0 Å². The lowest BCUT2D eigenvalue weighted by Crippen LogP contribution is -2.40. The number of nitrogens with zero attached hydrogens (tertiary/aromatic N) is 1. The van der Waals surface area contributed by atoms with Gasteiger partial charge in [-0.3, -0.25) is 9.69 Å². The third kappa shape index (κ3) is 5.77. The van der Waals surface area contributed by atoms with E-state index in [-0.39, 0.29) is 17.6 Å². The highest BCUT2D eigenvalue weighted by Crippen LogP contribution is 2.22. The fourth-order valence-corrected chi connectivity index (χ4v) is 3.36. The topological polar surface area (TPSA) is 67.6 Å². The van der Waals surface area contributed by atoms with E-state index in [4.69, 9.17) is 10.5 Å². The Morgan fingerprint density at radius 1 is 1.26 bits per heavy atom. The van der Waals surface area contributed by atoms with E-state index in [1.807, 2.05) is 30.3 Å². The van der Waals surface area contributed by atoms with Gasteiger partial charge in [-0.1, -0.05) is 12.1 Å². The maximum Gasteiger partial charge on any atom is 0.228 e. The van der Waals surface area contributed by atoms with E-state index in [9.17, 15) is 9.18 Å². The molecule has 0 aromatic heterocycles. The fourth-order valence-electron chi connectivity index (χ4n) is 3.36. The summed E-state index contributed by atoms with van der Waals surface area (Å²) in [6, 6.07) is 13.9. The van der Waals surface area contributed by atoms with Crippen molar-refractivity contribution >= 4 is 11.6 Å². The summed E-state index contributed by atoms with van der Waals surface area (Å²) >= 11 is 0. The number of carbonyl (C=O) groups is 1. The Hall–Kier alpha value is -2.44. The molecule has 144 valence electrons. The molecule has 1 amide bonds. The second-order valence-electron chi connectivity index (χ2n) is 6.85. The Labute approximate surface area is 159 Å². The van der Waals surface area contributed by atoms with Crippen LogP contribution in [0.1, 0.15) is 18.4 Å². The number of amides is 1. The molecule has 0 spiro atoms. The number of anilines is 1. The molecule has 2 aromatic carbocycles. The Balaban J connectivity index is 1.53. The van der Waals surface area contributed by atoms with Crippen LogP contribution in [0.3, 0.4) is 0 Å². The predicted molar refractivity (Wildman–Crippen MR) is 104 cm³/mol. The predicted octanol–water partition coefficient (Wildman–Crippen LogP) is 3.01. The van der Waals surface area contributed by atoms with Crippen molar-refractivity contribution in [1.82, 2.24) is 4.90 Å². The summed E-state index contributed by atoms with van der Waals surface area (Å²) in [6.45, 7) is 3.20. The maximum absolute atomic E-state index is 13.4.